The molecule has 0 aromatic carbocycles. The topological polar surface area (TPSA) is 21.7 Å². The van der Waals surface area contributed by atoms with Crippen molar-refractivity contribution >= 4 is 0 Å². The molecule has 1 aliphatic rings. The molecule has 3 nitrogen and oxygen atoms in total. The molecule has 1 saturated heterocycles. The third-order valence-corrected chi connectivity index (χ3v) is 2.87. The highest BCUT2D eigenvalue weighted by Crippen LogP contribution is 2.25. The van der Waals surface area contributed by atoms with Crippen molar-refractivity contribution in [2.45, 2.75) is 71.4 Å². The van der Waals surface area contributed by atoms with E-state index in [1.165, 1.54) is 0 Å². The van der Waals surface area contributed by atoms with Gasteiger partial charge in [0.25, 0.3) is 0 Å². The summed E-state index contributed by atoms with van der Waals surface area (Å²) >= 11 is 0. The van der Waals surface area contributed by atoms with Gasteiger partial charge < -0.3 is 9.47 Å². The summed E-state index contributed by atoms with van der Waals surface area (Å²) in [5.74, 6) is 2.70. The number of nitrogens with zero attached hydrogens (tertiary/aromatic N) is 1. The van der Waals surface area contributed by atoms with Crippen molar-refractivity contribution < 1.29 is 9.47 Å². The number of terminal acetylenes is 1. The van der Waals surface area contributed by atoms with Gasteiger partial charge in [-0.2, -0.15) is 0 Å². The predicted molar refractivity (Wildman–Crippen MR) is 79.1 cm³/mol. The summed E-state index contributed by atoms with van der Waals surface area (Å²) < 4.78 is 12.3. The minimum Gasteiger partial charge on any atom is -0.369 e. The molecule has 3 heteroatoms. The lowest BCUT2D eigenvalue weighted by molar-refractivity contribution is -0.142. The molecule has 0 bridgehead atoms. The van der Waals surface area contributed by atoms with Crippen LogP contribution in [0.3, 0.4) is 0 Å². The van der Waals surface area contributed by atoms with Crippen LogP contribution in [-0.4, -0.2) is 47.9 Å². The van der Waals surface area contributed by atoms with Gasteiger partial charge in [0.05, 0.1) is 23.4 Å². The van der Waals surface area contributed by atoms with Gasteiger partial charge in [0.2, 0.25) is 0 Å². The van der Waals surface area contributed by atoms with Crippen LogP contribution in [0.2, 0.25) is 0 Å². The molecule has 0 amide bonds. The van der Waals surface area contributed by atoms with Crippen molar-refractivity contribution in [1.29, 1.82) is 0 Å². The summed E-state index contributed by atoms with van der Waals surface area (Å²) in [7, 11) is 0. The zero-order valence-corrected chi connectivity index (χ0v) is 13.3. The van der Waals surface area contributed by atoms with E-state index < -0.39 is 0 Å². The zero-order chi connectivity index (χ0) is 14.7. The standard InChI is InChI=1S/C16H29NO2/c1-8-9-10-17-11-13(18-15(2,3)4)14(12-17)19-16(5,6)7/h1,13-14H,9-12H2,2-7H3/t13-,14-/m0/s1. The molecular formula is C16H29NO2. The van der Waals surface area contributed by atoms with Crippen LogP contribution in [0.15, 0.2) is 0 Å². The summed E-state index contributed by atoms with van der Waals surface area (Å²) in [4.78, 5) is 2.34. The average molecular weight is 267 g/mol. The van der Waals surface area contributed by atoms with Crippen LogP contribution in [0.4, 0.5) is 0 Å². The number of ether oxygens (including phenoxy) is 2. The second-order valence-corrected chi connectivity index (χ2v) is 7.25. The molecule has 0 aromatic heterocycles. The zero-order valence-electron chi connectivity index (χ0n) is 13.3. The Morgan fingerprint density at radius 2 is 1.42 bits per heavy atom. The summed E-state index contributed by atoms with van der Waals surface area (Å²) in [6.45, 7) is 15.3. The number of rotatable bonds is 4. The first kappa shape index (κ1) is 16.5. The fourth-order valence-corrected chi connectivity index (χ4v) is 2.36. The van der Waals surface area contributed by atoms with Crippen molar-refractivity contribution in [2.24, 2.45) is 0 Å². The van der Waals surface area contributed by atoms with Crippen LogP contribution in [0.5, 0.6) is 0 Å². The molecule has 1 aliphatic heterocycles. The number of likely N-dealkylation sites (tertiary alicyclic amines) is 1. The molecule has 0 aliphatic carbocycles. The fraction of sp³-hybridized carbons (Fsp3) is 0.875. The third-order valence-electron chi connectivity index (χ3n) is 2.87. The van der Waals surface area contributed by atoms with E-state index in [0.717, 1.165) is 26.1 Å². The SMILES string of the molecule is C#CCCN1C[C@H](OC(C)(C)C)[C@@H](OC(C)(C)C)C1. The van der Waals surface area contributed by atoms with Crippen molar-refractivity contribution in [3.8, 4) is 12.3 Å². The summed E-state index contributed by atoms with van der Waals surface area (Å²) in [6, 6.07) is 0. The van der Waals surface area contributed by atoms with Crippen molar-refractivity contribution in [2.75, 3.05) is 19.6 Å². The molecule has 19 heavy (non-hydrogen) atoms. The van der Waals surface area contributed by atoms with E-state index >= 15 is 0 Å². The maximum atomic E-state index is 6.15. The van der Waals surface area contributed by atoms with Crippen LogP contribution in [0, 0.1) is 12.3 Å². The second-order valence-electron chi connectivity index (χ2n) is 7.25. The van der Waals surface area contributed by atoms with E-state index in [1.54, 1.807) is 0 Å². The lowest BCUT2D eigenvalue weighted by Gasteiger charge is -2.32. The van der Waals surface area contributed by atoms with Gasteiger partial charge in [-0.15, -0.1) is 12.3 Å². The predicted octanol–water partition coefficient (Wildman–Crippen LogP) is 2.69. The Morgan fingerprint density at radius 1 is 1.00 bits per heavy atom. The van der Waals surface area contributed by atoms with Crippen molar-refractivity contribution in [1.82, 2.24) is 4.90 Å². The van der Waals surface area contributed by atoms with Gasteiger partial charge in [-0.3, -0.25) is 4.90 Å². The summed E-state index contributed by atoms with van der Waals surface area (Å²) in [5.41, 5.74) is -0.293. The van der Waals surface area contributed by atoms with Gasteiger partial charge in [-0.1, -0.05) is 0 Å². The molecule has 0 saturated carbocycles. The van der Waals surface area contributed by atoms with E-state index in [2.05, 4.69) is 52.4 Å². The summed E-state index contributed by atoms with van der Waals surface area (Å²) in [5, 5.41) is 0. The molecule has 1 heterocycles. The molecule has 0 spiro atoms. The Balaban J connectivity index is 2.65. The van der Waals surface area contributed by atoms with Gasteiger partial charge in [0, 0.05) is 26.1 Å². The van der Waals surface area contributed by atoms with E-state index in [-0.39, 0.29) is 23.4 Å². The maximum Gasteiger partial charge on any atom is 0.0983 e. The lowest BCUT2D eigenvalue weighted by Crippen LogP contribution is -2.40. The molecule has 0 radical (unpaired) electrons. The normalized spacial score (nSPS) is 25.5. The highest BCUT2D eigenvalue weighted by Gasteiger charge is 2.38. The number of hydrogen-bond acceptors (Lipinski definition) is 3. The minimum absolute atomic E-state index is 0.122. The Kier molecular flexibility index (Phi) is 5.43. The first-order valence-corrected chi connectivity index (χ1v) is 7.12. The lowest BCUT2D eigenvalue weighted by atomic mass is 10.1. The van der Waals surface area contributed by atoms with Crippen LogP contribution in [0.25, 0.3) is 0 Å². The summed E-state index contributed by atoms with van der Waals surface area (Å²) in [6.07, 6.45) is 6.37. The highest BCUT2D eigenvalue weighted by molar-refractivity contribution is 4.92. The minimum atomic E-state index is -0.147. The van der Waals surface area contributed by atoms with E-state index in [0.29, 0.717) is 0 Å². The molecule has 2 atom stereocenters. The van der Waals surface area contributed by atoms with E-state index in [1.807, 2.05) is 0 Å². The van der Waals surface area contributed by atoms with E-state index in [9.17, 15) is 0 Å². The van der Waals surface area contributed by atoms with Crippen molar-refractivity contribution in [3.05, 3.63) is 0 Å². The molecule has 110 valence electrons. The Bertz CT molecular complexity index is 295. The smallest absolute Gasteiger partial charge is 0.0983 e. The first-order chi connectivity index (χ1) is 8.61. The Labute approximate surface area is 118 Å². The van der Waals surface area contributed by atoms with E-state index in [4.69, 9.17) is 15.9 Å². The third kappa shape index (κ3) is 6.42. The monoisotopic (exact) mass is 267 g/mol. The molecule has 1 rings (SSSR count). The second kappa shape index (κ2) is 6.26. The molecule has 0 N–H and O–H groups in total. The molecule has 1 fully saturated rings. The fourth-order valence-electron chi connectivity index (χ4n) is 2.36. The molecule has 0 unspecified atom stereocenters. The van der Waals surface area contributed by atoms with Gasteiger partial charge in [0.1, 0.15) is 0 Å². The molecule has 0 aromatic rings. The quantitative estimate of drug-likeness (QED) is 0.731. The van der Waals surface area contributed by atoms with Gasteiger partial charge in [-0.05, 0) is 41.5 Å². The number of hydrogen-bond donors (Lipinski definition) is 0. The van der Waals surface area contributed by atoms with Gasteiger partial charge in [0.15, 0.2) is 0 Å². The van der Waals surface area contributed by atoms with Gasteiger partial charge in [-0.25, -0.2) is 0 Å². The Morgan fingerprint density at radius 3 is 1.74 bits per heavy atom. The largest absolute Gasteiger partial charge is 0.369 e. The van der Waals surface area contributed by atoms with Gasteiger partial charge >= 0.3 is 0 Å². The van der Waals surface area contributed by atoms with Crippen LogP contribution >= 0.6 is 0 Å². The first-order valence-electron chi connectivity index (χ1n) is 7.12. The average Bonchev–Trinajstić information content (AvgIpc) is 2.52. The maximum absolute atomic E-state index is 6.15. The van der Waals surface area contributed by atoms with Crippen LogP contribution in [-0.2, 0) is 9.47 Å². The van der Waals surface area contributed by atoms with Crippen LogP contribution < -0.4 is 0 Å². The molecular weight excluding hydrogens is 238 g/mol. The van der Waals surface area contributed by atoms with Crippen molar-refractivity contribution in [3.63, 3.8) is 0 Å². The van der Waals surface area contributed by atoms with Crippen LogP contribution in [0.1, 0.15) is 48.0 Å². The highest BCUT2D eigenvalue weighted by atomic mass is 16.6. The Hall–Kier alpha value is -0.560.